The number of carbonyl (C=O) groups excluding carboxylic acids is 2. The van der Waals surface area contributed by atoms with E-state index < -0.39 is 23.7 Å². The van der Waals surface area contributed by atoms with Gasteiger partial charge in [-0.3, -0.25) is 9.59 Å². The average Bonchev–Trinajstić information content (AvgIpc) is 2.67. The molecular weight excluding hydrogens is 363 g/mol. The minimum Gasteiger partial charge on any atom is -0.497 e. The number of hydrogen-bond acceptors (Lipinski definition) is 4. The fourth-order valence-electron chi connectivity index (χ4n) is 2.64. The molecule has 2 N–H and O–H groups in total. The van der Waals surface area contributed by atoms with Gasteiger partial charge in [0.2, 0.25) is 5.91 Å². The van der Waals surface area contributed by atoms with Gasteiger partial charge in [-0.25, -0.2) is 4.39 Å². The Morgan fingerprint density at radius 1 is 1.00 bits per heavy atom. The van der Waals surface area contributed by atoms with Crippen molar-refractivity contribution in [1.82, 2.24) is 5.32 Å². The van der Waals surface area contributed by atoms with Crippen molar-refractivity contribution in [3.63, 3.8) is 0 Å². The number of anilines is 1. The highest BCUT2D eigenvalue weighted by atomic mass is 19.1. The Balaban J connectivity index is 2.21. The average molecular weight is 388 g/mol. The number of hydrogen-bond donors (Lipinski definition) is 2. The van der Waals surface area contributed by atoms with Crippen molar-refractivity contribution in [1.29, 1.82) is 0 Å². The summed E-state index contributed by atoms with van der Waals surface area (Å²) in [6, 6.07) is 8.33. The number of benzene rings is 2. The lowest BCUT2D eigenvalue weighted by molar-refractivity contribution is -0.118. The van der Waals surface area contributed by atoms with Gasteiger partial charge in [-0.05, 0) is 42.7 Å². The summed E-state index contributed by atoms with van der Waals surface area (Å²) in [5.74, 6) is -0.804. The van der Waals surface area contributed by atoms with Gasteiger partial charge < -0.3 is 20.1 Å². The number of nitrogens with one attached hydrogen (secondary N) is 2. The lowest BCUT2D eigenvalue weighted by atomic mass is 10.0. The molecule has 2 amide bonds. The van der Waals surface area contributed by atoms with Gasteiger partial charge >= 0.3 is 0 Å². The Morgan fingerprint density at radius 2 is 1.61 bits per heavy atom. The predicted octanol–water partition coefficient (Wildman–Crippen LogP) is 3.54. The molecule has 0 aliphatic heterocycles. The summed E-state index contributed by atoms with van der Waals surface area (Å²) in [4.78, 5) is 25.4. The number of aryl methyl sites for hydroxylation is 1. The number of amides is 2. The molecule has 150 valence electrons. The van der Waals surface area contributed by atoms with E-state index in [0.717, 1.165) is 5.56 Å². The van der Waals surface area contributed by atoms with Gasteiger partial charge in [-0.15, -0.1) is 0 Å². The molecule has 7 heteroatoms. The molecule has 0 bridgehead atoms. The monoisotopic (exact) mass is 388 g/mol. The SMILES string of the molecule is COc1cc(OC)cc(C(=O)N[C@H](C(=O)Nc2cc(C)ccc2F)C(C)C)c1. The van der Waals surface area contributed by atoms with Crippen LogP contribution in [-0.4, -0.2) is 32.1 Å². The van der Waals surface area contributed by atoms with E-state index in [0.29, 0.717) is 11.5 Å². The van der Waals surface area contributed by atoms with Crippen LogP contribution in [-0.2, 0) is 4.79 Å². The smallest absolute Gasteiger partial charge is 0.252 e. The maximum Gasteiger partial charge on any atom is 0.252 e. The first-order valence-electron chi connectivity index (χ1n) is 8.86. The summed E-state index contributed by atoms with van der Waals surface area (Å²) in [5.41, 5.74) is 1.18. The molecule has 2 rings (SSSR count). The van der Waals surface area contributed by atoms with Crippen LogP contribution in [0.3, 0.4) is 0 Å². The Bertz CT molecular complexity index is 845. The van der Waals surface area contributed by atoms with Gasteiger partial charge in [-0.1, -0.05) is 19.9 Å². The summed E-state index contributed by atoms with van der Waals surface area (Å²) in [6.45, 7) is 5.39. The van der Waals surface area contributed by atoms with Gasteiger partial charge in [0.15, 0.2) is 0 Å². The van der Waals surface area contributed by atoms with Crippen LogP contribution in [0.5, 0.6) is 11.5 Å². The Morgan fingerprint density at radius 3 is 2.14 bits per heavy atom. The van der Waals surface area contributed by atoms with E-state index in [1.54, 1.807) is 51.1 Å². The standard InChI is InChI=1S/C21H25FN2O4/c1-12(2)19(21(26)23-18-8-13(3)6-7-17(18)22)24-20(25)14-9-15(27-4)11-16(10-14)28-5/h6-12,19H,1-5H3,(H,23,26)(H,24,25)/t19-/m0/s1. The Hall–Kier alpha value is -3.09. The van der Waals surface area contributed by atoms with Crippen LogP contribution < -0.4 is 20.1 Å². The van der Waals surface area contributed by atoms with Crippen molar-refractivity contribution in [3.05, 3.63) is 53.3 Å². The molecule has 2 aromatic carbocycles. The molecule has 0 saturated carbocycles. The molecule has 0 aliphatic carbocycles. The lowest BCUT2D eigenvalue weighted by Crippen LogP contribution is -2.47. The fourth-order valence-corrected chi connectivity index (χ4v) is 2.64. The van der Waals surface area contributed by atoms with E-state index in [4.69, 9.17) is 9.47 Å². The van der Waals surface area contributed by atoms with Crippen LogP contribution in [0, 0.1) is 18.7 Å². The number of halogens is 1. The van der Waals surface area contributed by atoms with Gasteiger partial charge in [0.25, 0.3) is 5.91 Å². The minimum absolute atomic E-state index is 0.0768. The summed E-state index contributed by atoms with van der Waals surface area (Å²) in [5, 5.41) is 5.26. The van der Waals surface area contributed by atoms with Gasteiger partial charge in [0.05, 0.1) is 19.9 Å². The molecule has 6 nitrogen and oxygen atoms in total. The van der Waals surface area contributed by atoms with Crippen molar-refractivity contribution in [2.75, 3.05) is 19.5 Å². The summed E-state index contributed by atoms with van der Waals surface area (Å²) < 4.78 is 24.3. The van der Waals surface area contributed by atoms with E-state index in [-0.39, 0.29) is 17.2 Å². The third-order valence-corrected chi connectivity index (χ3v) is 4.23. The Kier molecular flexibility index (Phi) is 6.98. The second-order valence-electron chi connectivity index (χ2n) is 6.77. The quantitative estimate of drug-likeness (QED) is 0.761. The zero-order valence-corrected chi connectivity index (χ0v) is 16.6. The minimum atomic E-state index is -0.857. The van der Waals surface area contributed by atoms with Crippen LogP contribution in [0.2, 0.25) is 0 Å². The third-order valence-electron chi connectivity index (χ3n) is 4.23. The molecule has 0 fully saturated rings. The molecule has 0 aromatic heterocycles. The first kappa shape index (κ1) is 21.2. The van der Waals surface area contributed by atoms with E-state index in [1.807, 2.05) is 0 Å². The molecule has 0 radical (unpaired) electrons. The highest BCUT2D eigenvalue weighted by Crippen LogP contribution is 2.23. The maximum atomic E-state index is 14.0. The number of methoxy groups -OCH3 is 2. The van der Waals surface area contributed by atoms with Crippen LogP contribution in [0.25, 0.3) is 0 Å². The van der Waals surface area contributed by atoms with E-state index in [2.05, 4.69) is 10.6 Å². The van der Waals surface area contributed by atoms with Crippen molar-refractivity contribution < 1.29 is 23.5 Å². The fraction of sp³-hybridized carbons (Fsp3) is 0.333. The first-order valence-corrected chi connectivity index (χ1v) is 8.86. The third kappa shape index (κ3) is 5.22. The van der Waals surface area contributed by atoms with E-state index in [1.165, 1.54) is 20.3 Å². The van der Waals surface area contributed by atoms with Crippen molar-refractivity contribution >= 4 is 17.5 Å². The molecule has 2 aromatic rings. The Labute approximate surface area is 164 Å². The largest absolute Gasteiger partial charge is 0.497 e. The number of carbonyl (C=O) groups is 2. The molecule has 0 unspecified atom stereocenters. The molecule has 28 heavy (non-hydrogen) atoms. The zero-order chi connectivity index (χ0) is 20.8. The van der Waals surface area contributed by atoms with Crippen LogP contribution >= 0.6 is 0 Å². The molecule has 1 atom stereocenters. The summed E-state index contributed by atoms with van der Waals surface area (Å²) >= 11 is 0. The lowest BCUT2D eigenvalue weighted by Gasteiger charge is -2.22. The van der Waals surface area contributed by atoms with E-state index in [9.17, 15) is 14.0 Å². The van der Waals surface area contributed by atoms with Crippen LogP contribution in [0.1, 0.15) is 29.8 Å². The normalized spacial score (nSPS) is 11.7. The maximum absolute atomic E-state index is 14.0. The topological polar surface area (TPSA) is 76.7 Å². The van der Waals surface area contributed by atoms with Crippen LogP contribution in [0.4, 0.5) is 10.1 Å². The van der Waals surface area contributed by atoms with Crippen LogP contribution in [0.15, 0.2) is 36.4 Å². The summed E-state index contributed by atoms with van der Waals surface area (Å²) in [6.07, 6.45) is 0. The molecular formula is C21H25FN2O4. The van der Waals surface area contributed by atoms with Gasteiger partial charge in [-0.2, -0.15) is 0 Å². The van der Waals surface area contributed by atoms with Gasteiger partial charge in [0, 0.05) is 11.6 Å². The van der Waals surface area contributed by atoms with Crippen molar-refractivity contribution in [2.24, 2.45) is 5.92 Å². The molecule has 0 heterocycles. The van der Waals surface area contributed by atoms with E-state index >= 15 is 0 Å². The zero-order valence-electron chi connectivity index (χ0n) is 16.6. The second-order valence-corrected chi connectivity index (χ2v) is 6.77. The molecule has 0 aliphatic rings. The summed E-state index contributed by atoms with van der Waals surface area (Å²) in [7, 11) is 2.97. The predicted molar refractivity (Wildman–Crippen MR) is 105 cm³/mol. The van der Waals surface area contributed by atoms with Gasteiger partial charge in [0.1, 0.15) is 23.4 Å². The van der Waals surface area contributed by atoms with Crippen molar-refractivity contribution in [2.45, 2.75) is 26.8 Å². The highest BCUT2D eigenvalue weighted by molar-refractivity contribution is 6.01. The van der Waals surface area contributed by atoms with Crippen molar-refractivity contribution in [3.8, 4) is 11.5 Å². The first-order chi connectivity index (χ1) is 13.2. The number of rotatable bonds is 7. The number of ether oxygens (including phenoxy) is 2. The second kappa shape index (κ2) is 9.21. The molecule has 0 saturated heterocycles. The highest BCUT2D eigenvalue weighted by Gasteiger charge is 2.26. The molecule has 0 spiro atoms.